The molecule has 0 heterocycles. The van der Waals surface area contributed by atoms with Gasteiger partial charge in [0.25, 0.3) is 0 Å². The van der Waals surface area contributed by atoms with Crippen LogP contribution in [0.1, 0.15) is 122 Å². The summed E-state index contributed by atoms with van der Waals surface area (Å²) in [6.45, 7) is 18.0. The summed E-state index contributed by atoms with van der Waals surface area (Å²) in [5.74, 6) is 12.5. The summed E-state index contributed by atoms with van der Waals surface area (Å²) in [4.78, 5) is 0. The van der Waals surface area contributed by atoms with Gasteiger partial charge in [-0.1, -0.05) is 346 Å². The molecule has 0 atom stereocenters. The van der Waals surface area contributed by atoms with Gasteiger partial charge in [0.15, 0.2) is 11.8 Å². The second-order valence-corrected chi connectivity index (χ2v) is 44.6. The molecular formula is C118H100Au4P4+4. The van der Waals surface area contributed by atoms with Gasteiger partial charge in [-0.2, -0.15) is 0 Å². The zero-order valence-corrected chi connectivity index (χ0v) is 84.5. The Labute approximate surface area is 817 Å². The van der Waals surface area contributed by atoms with E-state index in [2.05, 4.69) is 455 Å². The molecular weight excluding hydrogens is 2330 g/mol. The molecule has 0 fully saturated rings. The van der Waals surface area contributed by atoms with Crippen molar-refractivity contribution in [3.8, 4) is 68.2 Å². The normalized spacial score (nSPS) is 12.8. The number of benzene rings is 16. The van der Waals surface area contributed by atoms with Crippen LogP contribution in [0, 0.1) is 49.4 Å². The number of fused-ring (bicyclic) bond motifs is 12. The Balaban J connectivity index is 0.000000148. The van der Waals surface area contributed by atoms with Gasteiger partial charge in [-0.05, 0) is 175 Å². The maximum Gasteiger partial charge on any atom is 1.00 e. The fraction of sp³-hybridized carbons (Fsp3) is 0.119. The van der Waals surface area contributed by atoms with Gasteiger partial charge >= 0.3 is 89.5 Å². The Morgan fingerprint density at radius 1 is 0.190 bits per heavy atom. The van der Waals surface area contributed by atoms with Crippen LogP contribution in [0.5, 0.6) is 0 Å². The van der Waals surface area contributed by atoms with Crippen LogP contribution in [0.2, 0.25) is 0 Å². The summed E-state index contributed by atoms with van der Waals surface area (Å²) in [6, 6.07) is 148. The molecule has 0 saturated carbocycles. The third-order valence-corrected chi connectivity index (χ3v) is 38.5. The van der Waals surface area contributed by atoms with Crippen molar-refractivity contribution in [2.45, 2.75) is 77.0 Å². The molecule has 0 spiro atoms. The van der Waals surface area contributed by atoms with Crippen molar-refractivity contribution in [1.82, 2.24) is 0 Å². The van der Waals surface area contributed by atoms with Gasteiger partial charge in [-0.25, -0.2) is 0 Å². The van der Waals surface area contributed by atoms with Crippen molar-refractivity contribution < 1.29 is 89.5 Å². The Kier molecular flexibility index (Phi) is 34.2. The second kappa shape index (κ2) is 44.4. The van der Waals surface area contributed by atoms with Gasteiger partial charge in [0.1, 0.15) is 74.1 Å². The van der Waals surface area contributed by atoms with E-state index in [4.69, 9.17) is 25.7 Å². The number of hydrogen-bond acceptors (Lipinski definition) is 0. The quantitative estimate of drug-likeness (QED) is 0.0495. The molecule has 632 valence electrons. The topological polar surface area (TPSA) is 0 Å². The SMILES string of the molecule is [Au+].[Au+].[Au+].[Au+].[C-]#Cc1ccc2c(c1)-c1ccccc1C2(C)C.[C-]#Cc1ccc2c(c1)C(C)(C)c1ccccc1-2.[C-]#Cc1cccc2c1-c1ccccc1C2(C)C.[C-]#Cc1cccc2c1-c1ccccc1C2(C)C.c1ccc([PH+](C[PH+](c2ccccc2)c2ccccc2)c2ccccc2)cc1.c1ccc([PH+](C[PH+](c2ccccc2)c2ccccc2)c2ccccc2)cc1. The van der Waals surface area contributed by atoms with Crippen molar-refractivity contribution in [2.75, 3.05) is 11.8 Å². The first-order chi connectivity index (χ1) is 59.4. The van der Waals surface area contributed by atoms with Crippen LogP contribution in [0.15, 0.2) is 413 Å². The van der Waals surface area contributed by atoms with E-state index in [0.717, 1.165) is 22.3 Å². The number of rotatable bonds is 12. The molecule has 126 heavy (non-hydrogen) atoms. The summed E-state index contributed by atoms with van der Waals surface area (Å²) in [5, 5.41) is 12.0. The van der Waals surface area contributed by atoms with Gasteiger partial charge in [0, 0.05) is 21.7 Å². The molecule has 8 heteroatoms. The smallest absolute Gasteiger partial charge is 0.366 e. The molecule has 0 amide bonds. The predicted octanol–water partition coefficient (Wildman–Crippen LogP) is 25.1. The molecule has 4 aliphatic carbocycles. The monoisotopic (exact) mass is 2430 g/mol. The second-order valence-electron chi connectivity index (χ2n) is 33.4. The van der Waals surface area contributed by atoms with Crippen LogP contribution < -0.4 is 42.4 Å². The van der Waals surface area contributed by atoms with E-state index in [-0.39, 0.29) is 111 Å². The van der Waals surface area contributed by atoms with E-state index in [0.29, 0.717) is 0 Å². The molecule has 16 aromatic carbocycles. The zero-order valence-electron chi connectivity index (χ0n) is 71.9. The Bertz CT molecular complexity index is 5900. The van der Waals surface area contributed by atoms with Crippen LogP contribution in [0.25, 0.3) is 44.5 Å². The fourth-order valence-electron chi connectivity index (χ4n) is 18.2. The Morgan fingerprint density at radius 3 is 0.698 bits per heavy atom. The summed E-state index contributed by atoms with van der Waals surface area (Å²) >= 11 is 0. The molecule has 16 aromatic rings. The van der Waals surface area contributed by atoms with E-state index in [1.807, 2.05) is 36.4 Å². The first-order valence-electron chi connectivity index (χ1n) is 42.0. The average Bonchev–Trinajstić information content (AvgIpc) is 1.60. The summed E-state index contributed by atoms with van der Waals surface area (Å²) < 4.78 is 0. The van der Waals surface area contributed by atoms with Crippen LogP contribution in [-0.2, 0) is 111 Å². The van der Waals surface area contributed by atoms with Crippen LogP contribution in [-0.4, -0.2) is 11.8 Å². The fourth-order valence-corrected chi connectivity index (χ4v) is 33.7. The molecule has 0 saturated heterocycles. The first kappa shape index (κ1) is 97.1. The van der Waals surface area contributed by atoms with E-state index in [1.165, 1.54) is 143 Å². The summed E-state index contributed by atoms with van der Waals surface area (Å²) in [5.41, 5.74) is 24.3. The zero-order chi connectivity index (χ0) is 84.8. The minimum atomic E-state index is -0.847. The molecule has 0 radical (unpaired) electrons. The Morgan fingerprint density at radius 2 is 0.405 bits per heavy atom. The maximum absolute atomic E-state index is 7.43. The van der Waals surface area contributed by atoms with Gasteiger partial charge < -0.3 is 25.7 Å². The molecule has 0 bridgehead atoms. The van der Waals surface area contributed by atoms with Crippen molar-refractivity contribution in [1.29, 1.82) is 0 Å². The number of hydrogen-bond donors (Lipinski definition) is 0. The summed E-state index contributed by atoms with van der Waals surface area (Å²) in [7, 11) is -3.39. The van der Waals surface area contributed by atoms with E-state index >= 15 is 0 Å². The molecule has 0 unspecified atom stereocenters. The van der Waals surface area contributed by atoms with Crippen molar-refractivity contribution in [3.63, 3.8) is 0 Å². The van der Waals surface area contributed by atoms with Crippen LogP contribution >= 0.6 is 31.7 Å². The Hall–Kier alpha value is -9.56. The maximum atomic E-state index is 7.43. The average molecular weight is 2430 g/mol. The third kappa shape index (κ3) is 21.1. The minimum Gasteiger partial charge on any atom is -0.366 e. The predicted molar refractivity (Wildman–Crippen MR) is 533 cm³/mol. The third-order valence-electron chi connectivity index (χ3n) is 24.6. The van der Waals surface area contributed by atoms with E-state index < -0.39 is 31.7 Å². The van der Waals surface area contributed by atoms with Gasteiger partial charge in [0.2, 0.25) is 0 Å². The standard InChI is InChI=1S/2C25H22P2.4C17H13.4Au/c2*1-5-13-22(14-6-1)26(23-15-7-2-8-16-23)21-27(24-17-9-3-10-18-24)25-19-11-4-12-20-25;2*1-4-12-8-7-11-15-16(12)13-9-5-6-10-14(13)17(15,2)3;1-4-12-9-10-16-14(11-12)13-7-5-6-8-15(13)17(16,2)3;1-4-12-9-10-14-13-7-5-6-8-15(13)17(2,3)16(14)11-12;;;;/h2*1-20H,21H2;4*5-11H,2-3H3;;;;/q;;4*-1;4*+1/p+4. The minimum absolute atomic E-state index is 0. The van der Waals surface area contributed by atoms with Gasteiger partial charge in [0.05, 0.1) is 0 Å². The molecule has 0 aromatic heterocycles. The van der Waals surface area contributed by atoms with Gasteiger partial charge in [-0.3, -0.25) is 23.7 Å². The van der Waals surface area contributed by atoms with E-state index in [1.54, 1.807) is 0 Å². The molecule has 4 aliphatic rings. The van der Waals surface area contributed by atoms with E-state index in [9.17, 15) is 0 Å². The van der Waals surface area contributed by atoms with Crippen molar-refractivity contribution >= 4 is 74.1 Å². The van der Waals surface area contributed by atoms with Crippen molar-refractivity contribution in [2.24, 2.45) is 0 Å². The van der Waals surface area contributed by atoms with Gasteiger partial charge in [-0.15, -0.1) is 58.7 Å². The molecule has 0 nitrogen and oxygen atoms in total. The molecule has 0 aliphatic heterocycles. The molecule has 0 N–H and O–H groups in total. The largest absolute Gasteiger partial charge is 1.00 e. The first-order valence-corrected chi connectivity index (χ1v) is 48.8. The van der Waals surface area contributed by atoms with Crippen LogP contribution in [0.3, 0.4) is 0 Å². The summed E-state index contributed by atoms with van der Waals surface area (Å²) in [6.07, 6.45) is 29.4. The van der Waals surface area contributed by atoms with Crippen molar-refractivity contribution in [3.05, 3.63) is 505 Å². The van der Waals surface area contributed by atoms with Crippen LogP contribution in [0.4, 0.5) is 0 Å². The molecule has 20 rings (SSSR count).